The van der Waals surface area contributed by atoms with Crippen LogP contribution in [0.1, 0.15) is 0 Å². The molecule has 0 aromatic rings. The fraction of sp³-hybridized carbons (Fsp3) is 1.00. The third-order valence-corrected chi connectivity index (χ3v) is 0.822. The van der Waals surface area contributed by atoms with Crippen molar-refractivity contribution in [2.45, 2.75) is 0 Å². The van der Waals surface area contributed by atoms with E-state index in [0.29, 0.717) is 0 Å². The second kappa shape index (κ2) is 4.73. The van der Waals surface area contributed by atoms with Crippen molar-refractivity contribution in [3.63, 3.8) is 0 Å². The van der Waals surface area contributed by atoms with Crippen molar-refractivity contribution < 1.29 is 36.3 Å². The zero-order valence-corrected chi connectivity index (χ0v) is 7.19. The molecule has 0 saturated heterocycles. The fourth-order valence-electron chi connectivity index (χ4n) is 0. The van der Waals surface area contributed by atoms with Crippen LogP contribution in [0.5, 0.6) is 0 Å². The molecule has 0 aromatic heterocycles. The molecule has 0 bridgehead atoms. The van der Waals surface area contributed by atoms with Crippen molar-refractivity contribution in [1.29, 1.82) is 0 Å². The minimum absolute atomic E-state index is 1.02. The van der Waals surface area contributed by atoms with E-state index in [1.54, 1.807) is 0 Å². The van der Waals surface area contributed by atoms with Crippen LogP contribution < -0.4 is 0 Å². The SMILES string of the molecule is CO[Si](O)(O)O.O=S(=O)(O)O. The maximum Gasteiger partial charge on any atom is 0.671 e. The van der Waals surface area contributed by atoms with Crippen molar-refractivity contribution in [3.05, 3.63) is 0 Å². The number of rotatable bonds is 1. The summed E-state index contributed by atoms with van der Waals surface area (Å²) < 4.78 is 35.3. The summed E-state index contributed by atoms with van der Waals surface area (Å²) in [5, 5.41) is 0. The molecule has 0 heterocycles. The lowest BCUT2D eigenvalue weighted by molar-refractivity contribution is 0.0881. The van der Waals surface area contributed by atoms with Crippen LogP contribution in [0.3, 0.4) is 0 Å². The molecule has 0 unspecified atom stereocenters. The minimum Gasteiger partial charge on any atom is -0.368 e. The Morgan fingerprint density at radius 3 is 1.27 bits per heavy atom. The molecular formula is CH8O8SSi. The normalized spacial score (nSPS) is 11.8. The van der Waals surface area contributed by atoms with E-state index in [-0.39, 0.29) is 0 Å². The van der Waals surface area contributed by atoms with Crippen LogP contribution in [0, 0.1) is 0 Å². The minimum atomic E-state index is -4.67. The molecule has 10 heteroatoms. The molecule has 70 valence electrons. The van der Waals surface area contributed by atoms with Gasteiger partial charge < -0.3 is 18.8 Å². The van der Waals surface area contributed by atoms with E-state index in [4.69, 9.17) is 31.9 Å². The average Bonchev–Trinajstić information content (AvgIpc) is 1.59. The van der Waals surface area contributed by atoms with Gasteiger partial charge in [0.1, 0.15) is 0 Å². The molecular weight excluding hydrogens is 200 g/mol. The molecule has 0 radical (unpaired) electrons. The highest BCUT2D eigenvalue weighted by Crippen LogP contribution is 1.80. The highest BCUT2D eigenvalue weighted by molar-refractivity contribution is 7.79. The molecule has 0 atom stereocenters. The summed E-state index contributed by atoms with van der Waals surface area (Å²) in [6, 6.07) is 0. The lowest BCUT2D eigenvalue weighted by Gasteiger charge is -2.01. The summed E-state index contributed by atoms with van der Waals surface area (Å²) in [5.41, 5.74) is 0. The molecule has 0 aliphatic carbocycles. The highest BCUT2D eigenvalue weighted by Gasteiger charge is 2.27. The van der Waals surface area contributed by atoms with E-state index < -0.39 is 19.4 Å². The van der Waals surface area contributed by atoms with Crippen molar-refractivity contribution in [1.82, 2.24) is 0 Å². The van der Waals surface area contributed by atoms with Crippen molar-refractivity contribution in [3.8, 4) is 0 Å². The third-order valence-electron chi connectivity index (χ3n) is 0.274. The molecule has 8 nitrogen and oxygen atoms in total. The Bertz CT molecular complexity index is 167. The van der Waals surface area contributed by atoms with Gasteiger partial charge in [0.2, 0.25) is 0 Å². The molecule has 11 heavy (non-hydrogen) atoms. The predicted molar refractivity (Wildman–Crippen MR) is 33.6 cm³/mol. The molecule has 0 rings (SSSR count). The summed E-state index contributed by atoms with van der Waals surface area (Å²) in [4.78, 5) is 23.6. The Labute approximate surface area is 63.7 Å². The maximum absolute atomic E-state index is 8.74. The zero-order valence-electron chi connectivity index (χ0n) is 5.37. The lowest BCUT2D eigenvalue weighted by atomic mass is 11.8. The summed E-state index contributed by atoms with van der Waals surface area (Å²) in [6.45, 7) is 0. The van der Waals surface area contributed by atoms with Gasteiger partial charge in [0.05, 0.1) is 0 Å². The van der Waals surface area contributed by atoms with E-state index in [9.17, 15) is 0 Å². The van der Waals surface area contributed by atoms with Gasteiger partial charge in [-0.15, -0.1) is 0 Å². The van der Waals surface area contributed by atoms with Gasteiger partial charge in [0.25, 0.3) is 0 Å². The topological polar surface area (TPSA) is 145 Å². The Hall–Kier alpha value is -0.0731. The molecule has 5 N–H and O–H groups in total. The van der Waals surface area contributed by atoms with Crippen molar-refractivity contribution in [2.75, 3.05) is 7.11 Å². The van der Waals surface area contributed by atoms with Gasteiger partial charge in [0, 0.05) is 7.11 Å². The second-order valence-corrected chi connectivity index (χ2v) is 3.68. The van der Waals surface area contributed by atoms with Crippen LogP contribution in [-0.2, 0) is 14.8 Å². The molecule has 0 fully saturated rings. The Morgan fingerprint density at radius 2 is 1.27 bits per heavy atom. The van der Waals surface area contributed by atoms with E-state index in [1.165, 1.54) is 0 Å². The quantitative estimate of drug-likeness (QED) is 0.233. The highest BCUT2D eigenvalue weighted by atomic mass is 32.3. The van der Waals surface area contributed by atoms with Crippen molar-refractivity contribution >= 4 is 19.4 Å². The van der Waals surface area contributed by atoms with E-state index >= 15 is 0 Å². The first kappa shape index (κ1) is 13.5. The zero-order chi connectivity index (χ0) is 9.71. The van der Waals surface area contributed by atoms with Crippen LogP contribution in [0.15, 0.2) is 0 Å². The van der Waals surface area contributed by atoms with Crippen LogP contribution in [0.25, 0.3) is 0 Å². The Morgan fingerprint density at radius 1 is 1.18 bits per heavy atom. The van der Waals surface area contributed by atoms with E-state index in [2.05, 4.69) is 4.43 Å². The first-order valence-corrected chi connectivity index (χ1v) is 5.13. The van der Waals surface area contributed by atoms with Crippen LogP contribution in [0.4, 0.5) is 0 Å². The smallest absolute Gasteiger partial charge is 0.368 e. The predicted octanol–water partition coefficient (Wildman–Crippen LogP) is -2.61. The Kier molecular flexibility index (Phi) is 5.82. The molecule has 0 aromatic carbocycles. The molecule has 0 aliphatic heterocycles. The van der Waals surface area contributed by atoms with Gasteiger partial charge in [-0.05, 0) is 0 Å². The first-order valence-electron chi connectivity index (χ1n) is 1.98. The average molecular weight is 208 g/mol. The Balaban J connectivity index is 0. The van der Waals surface area contributed by atoms with Crippen LogP contribution in [-0.4, -0.2) is 48.1 Å². The summed E-state index contributed by atoms with van der Waals surface area (Å²) in [6.07, 6.45) is 0. The van der Waals surface area contributed by atoms with Crippen molar-refractivity contribution in [2.24, 2.45) is 0 Å². The molecule has 0 amide bonds. The van der Waals surface area contributed by atoms with Gasteiger partial charge in [-0.25, -0.2) is 0 Å². The van der Waals surface area contributed by atoms with Gasteiger partial charge >= 0.3 is 19.4 Å². The summed E-state index contributed by atoms with van der Waals surface area (Å²) in [7, 11) is -7.78. The van der Waals surface area contributed by atoms with E-state index in [1.807, 2.05) is 0 Å². The monoisotopic (exact) mass is 208 g/mol. The number of hydrogen-bond acceptors (Lipinski definition) is 6. The molecule has 0 aliphatic rings. The van der Waals surface area contributed by atoms with Gasteiger partial charge in [-0.2, -0.15) is 8.42 Å². The van der Waals surface area contributed by atoms with Gasteiger partial charge in [0.15, 0.2) is 0 Å². The lowest BCUT2D eigenvalue weighted by Crippen LogP contribution is -2.37. The summed E-state index contributed by atoms with van der Waals surface area (Å²) >= 11 is 0. The standard InChI is InChI=1S/CH6O4Si.H2O4S/c1-5-6(2,3)4;1-5(2,3)4/h2-4H,1H3;(H2,1,2,3,4). The first-order chi connectivity index (χ1) is 4.56. The largest absolute Gasteiger partial charge is 0.671 e. The van der Waals surface area contributed by atoms with Gasteiger partial charge in [-0.1, -0.05) is 0 Å². The molecule has 0 saturated carbocycles. The second-order valence-electron chi connectivity index (χ2n) is 1.23. The number of hydrogen-bond donors (Lipinski definition) is 5. The van der Waals surface area contributed by atoms with Gasteiger partial charge in [-0.3, -0.25) is 9.11 Å². The summed E-state index contributed by atoms with van der Waals surface area (Å²) in [5.74, 6) is 0. The third kappa shape index (κ3) is 72.8. The van der Waals surface area contributed by atoms with Crippen LogP contribution >= 0.6 is 0 Å². The van der Waals surface area contributed by atoms with Crippen LogP contribution in [0.2, 0.25) is 0 Å². The van der Waals surface area contributed by atoms with E-state index in [0.717, 1.165) is 7.11 Å². The maximum atomic E-state index is 8.74. The molecule has 0 spiro atoms. The fourth-order valence-corrected chi connectivity index (χ4v) is 0.